The first kappa shape index (κ1) is 10.1. The Kier molecular flexibility index (Phi) is 2.40. The van der Waals surface area contributed by atoms with Gasteiger partial charge in [0.05, 0.1) is 20.0 Å². The lowest BCUT2D eigenvalue weighted by molar-refractivity contribution is 0.281. The molecule has 0 aromatic carbocycles. The molecule has 0 saturated carbocycles. The van der Waals surface area contributed by atoms with Gasteiger partial charge in [0.1, 0.15) is 6.26 Å². The highest BCUT2D eigenvalue weighted by atomic mass is 16.5. The van der Waals surface area contributed by atoms with E-state index in [-0.39, 0.29) is 6.61 Å². The van der Waals surface area contributed by atoms with E-state index < -0.39 is 0 Å². The quantitative estimate of drug-likeness (QED) is 0.820. The van der Waals surface area contributed by atoms with Gasteiger partial charge in [0, 0.05) is 11.1 Å². The zero-order valence-corrected chi connectivity index (χ0v) is 9.13. The number of ether oxygens (including phenoxy) is 1. The molecule has 0 saturated heterocycles. The molecule has 0 unspecified atom stereocenters. The zero-order valence-electron chi connectivity index (χ0n) is 9.13. The van der Waals surface area contributed by atoms with Crippen molar-refractivity contribution in [1.29, 1.82) is 0 Å². The molecule has 0 amide bonds. The van der Waals surface area contributed by atoms with Gasteiger partial charge in [-0.15, -0.1) is 0 Å². The summed E-state index contributed by atoms with van der Waals surface area (Å²) >= 11 is 0. The van der Waals surface area contributed by atoms with Crippen LogP contribution in [-0.2, 0) is 6.61 Å². The summed E-state index contributed by atoms with van der Waals surface area (Å²) in [6.07, 6.45) is 3.25. The molecule has 3 heteroatoms. The third kappa shape index (κ3) is 1.31. The van der Waals surface area contributed by atoms with Gasteiger partial charge in [0.2, 0.25) is 0 Å². The number of aliphatic hydroxyl groups excluding tert-OH is 1. The molecular weight excluding hydrogens is 192 g/mol. The van der Waals surface area contributed by atoms with Crippen LogP contribution in [0.2, 0.25) is 0 Å². The fraction of sp³-hybridized carbons (Fsp3) is 0.333. The van der Waals surface area contributed by atoms with E-state index in [2.05, 4.69) is 0 Å². The normalized spacial score (nSPS) is 10.9. The highest BCUT2D eigenvalue weighted by Gasteiger charge is 2.22. The van der Waals surface area contributed by atoms with Crippen molar-refractivity contribution in [2.45, 2.75) is 20.5 Å². The Hall–Kier alpha value is -1.48. The molecule has 15 heavy (non-hydrogen) atoms. The molecular formula is C12H14O3. The largest absolute Gasteiger partial charge is 0.493 e. The van der Waals surface area contributed by atoms with Gasteiger partial charge in [-0.3, -0.25) is 0 Å². The number of hydrogen-bond acceptors (Lipinski definition) is 3. The van der Waals surface area contributed by atoms with E-state index >= 15 is 0 Å². The van der Waals surface area contributed by atoms with E-state index in [0.717, 1.165) is 27.8 Å². The van der Waals surface area contributed by atoms with E-state index in [1.165, 1.54) is 0 Å². The maximum absolute atomic E-state index is 9.36. The Morgan fingerprint density at radius 2 is 2.00 bits per heavy atom. The lowest BCUT2D eigenvalue weighted by Gasteiger charge is -2.08. The van der Waals surface area contributed by atoms with Crippen LogP contribution in [0.5, 0.6) is 5.75 Å². The minimum Gasteiger partial charge on any atom is -0.493 e. The van der Waals surface area contributed by atoms with Crippen molar-refractivity contribution in [2.24, 2.45) is 0 Å². The summed E-state index contributed by atoms with van der Waals surface area (Å²) in [7, 11) is 1.60. The van der Waals surface area contributed by atoms with Gasteiger partial charge in [0.15, 0.2) is 5.75 Å². The lowest BCUT2D eigenvalue weighted by atomic mass is 10.1. The summed E-state index contributed by atoms with van der Waals surface area (Å²) in [5, 5.41) is 9.36. The standard InChI is InChI=1S/C12H14O3/c1-7-8(2)10-5-15-6-11(14-3)12(10)9(7)4-13/h5-6,13H,4H2,1-3H3. The smallest absolute Gasteiger partial charge is 0.162 e. The molecule has 0 bridgehead atoms. The van der Waals surface area contributed by atoms with Crippen LogP contribution in [0, 0.1) is 13.8 Å². The number of rotatable bonds is 2. The Labute approximate surface area is 88.6 Å². The summed E-state index contributed by atoms with van der Waals surface area (Å²) in [6, 6.07) is 0. The van der Waals surface area contributed by atoms with Crippen LogP contribution in [0.1, 0.15) is 16.7 Å². The van der Waals surface area contributed by atoms with Gasteiger partial charge in [-0.1, -0.05) is 0 Å². The predicted octanol–water partition coefficient (Wildman–Crippen LogP) is 2.50. The molecule has 1 N–H and O–H groups in total. The van der Waals surface area contributed by atoms with E-state index in [1.54, 1.807) is 19.6 Å². The van der Waals surface area contributed by atoms with E-state index in [0.29, 0.717) is 5.75 Å². The molecule has 2 aliphatic rings. The maximum atomic E-state index is 9.36. The fourth-order valence-corrected chi connectivity index (χ4v) is 1.97. The second-order valence-electron chi connectivity index (χ2n) is 3.62. The minimum absolute atomic E-state index is 0.0244. The van der Waals surface area contributed by atoms with Gasteiger partial charge < -0.3 is 14.3 Å². The summed E-state index contributed by atoms with van der Waals surface area (Å²) in [5.74, 6) is 0.674. The van der Waals surface area contributed by atoms with Gasteiger partial charge in [-0.2, -0.15) is 0 Å². The fourth-order valence-electron chi connectivity index (χ4n) is 1.97. The van der Waals surface area contributed by atoms with E-state index in [9.17, 15) is 5.11 Å². The molecule has 0 fully saturated rings. The van der Waals surface area contributed by atoms with Crippen LogP contribution in [0.15, 0.2) is 16.9 Å². The Balaban J connectivity index is 2.81. The predicted molar refractivity (Wildman–Crippen MR) is 57.3 cm³/mol. The molecule has 1 aliphatic carbocycles. The first-order valence-corrected chi connectivity index (χ1v) is 4.83. The highest BCUT2D eigenvalue weighted by Crippen LogP contribution is 2.41. The van der Waals surface area contributed by atoms with Crippen molar-refractivity contribution in [3.05, 3.63) is 29.2 Å². The lowest BCUT2D eigenvalue weighted by Crippen LogP contribution is -1.91. The minimum atomic E-state index is 0.0244. The summed E-state index contributed by atoms with van der Waals surface area (Å²) in [4.78, 5) is 0. The van der Waals surface area contributed by atoms with Crippen LogP contribution in [-0.4, -0.2) is 12.2 Å². The van der Waals surface area contributed by atoms with Crippen LogP contribution in [0.25, 0.3) is 11.1 Å². The number of hydrogen-bond donors (Lipinski definition) is 1. The van der Waals surface area contributed by atoms with Crippen molar-refractivity contribution in [3.63, 3.8) is 0 Å². The van der Waals surface area contributed by atoms with Gasteiger partial charge in [-0.25, -0.2) is 0 Å². The average Bonchev–Trinajstić information content (AvgIpc) is 2.52. The summed E-state index contributed by atoms with van der Waals surface area (Å²) < 4.78 is 10.4. The first-order valence-electron chi connectivity index (χ1n) is 4.83. The first-order chi connectivity index (χ1) is 7.20. The van der Waals surface area contributed by atoms with Crippen LogP contribution >= 0.6 is 0 Å². The van der Waals surface area contributed by atoms with Gasteiger partial charge in [-0.05, 0) is 30.5 Å². The van der Waals surface area contributed by atoms with E-state index in [1.807, 2.05) is 13.8 Å². The maximum Gasteiger partial charge on any atom is 0.162 e. The number of methoxy groups -OCH3 is 1. The Bertz CT molecular complexity index is 457. The molecule has 0 spiro atoms. The molecule has 0 aromatic rings. The van der Waals surface area contributed by atoms with Crippen molar-refractivity contribution in [3.8, 4) is 16.9 Å². The van der Waals surface area contributed by atoms with Crippen molar-refractivity contribution in [2.75, 3.05) is 7.11 Å². The zero-order chi connectivity index (χ0) is 11.0. The van der Waals surface area contributed by atoms with Gasteiger partial charge in [0.25, 0.3) is 0 Å². The second kappa shape index (κ2) is 3.59. The molecule has 1 aliphatic heterocycles. The van der Waals surface area contributed by atoms with Crippen LogP contribution < -0.4 is 4.74 Å². The Morgan fingerprint density at radius 3 is 2.60 bits per heavy atom. The summed E-state index contributed by atoms with van der Waals surface area (Å²) in [5.41, 5.74) is 5.14. The van der Waals surface area contributed by atoms with Crippen molar-refractivity contribution in [1.82, 2.24) is 0 Å². The monoisotopic (exact) mass is 206 g/mol. The molecule has 0 radical (unpaired) electrons. The number of aliphatic hydroxyl groups is 1. The number of fused-ring (bicyclic) bond motifs is 1. The molecule has 0 aromatic heterocycles. The molecule has 2 rings (SSSR count). The van der Waals surface area contributed by atoms with Crippen molar-refractivity contribution >= 4 is 0 Å². The third-order valence-electron chi connectivity index (χ3n) is 2.98. The third-order valence-corrected chi connectivity index (χ3v) is 2.98. The Morgan fingerprint density at radius 1 is 1.27 bits per heavy atom. The molecule has 80 valence electrons. The second-order valence-corrected chi connectivity index (χ2v) is 3.62. The molecule has 3 nitrogen and oxygen atoms in total. The SMILES string of the molecule is COc1cocc2c(C)c(C)c(CO)c1-2. The topological polar surface area (TPSA) is 42.6 Å². The van der Waals surface area contributed by atoms with Crippen LogP contribution in [0.4, 0.5) is 0 Å². The molecule has 0 atom stereocenters. The highest BCUT2D eigenvalue weighted by molar-refractivity contribution is 5.81. The molecule has 1 heterocycles. The summed E-state index contributed by atoms with van der Waals surface area (Å²) in [6.45, 7) is 4.04. The van der Waals surface area contributed by atoms with Crippen LogP contribution in [0.3, 0.4) is 0 Å². The van der Waals surface area contributed by atoms with Gasteiger partial charge >= 0.3 is 0 Å². The average molecular weight is 206 g/mol. The van der Waals surface area contributed by atoms with E-state index in [4.69, 9.17) is 9.15 Å². The van der Waals surface area contributed by atoms with Crippen molar-refractivity contribution < 1.29 is 14.3 Å².